The van der Waals surface area contributed by atoms with Crippen LogP contribution < -0.4 is 4.74 Å². The van der Waals surface area contributed by atoms with Gasteiger partial charge in [0, 0.05) is 17.0 Å². The fourth-order valence-electron chi connectivity index (χ4n) is 1.56. The van der Waals surface area contributed by atoms with Gasteiger partial charge in [-0.1, -0.05) is 11.6 Å². The SMILES string of the molecule is CCOc1cc2cc(CCl)c(Cl)nc2cc1F. The van der Waals surface area contributed by atoms with Gasteiger partial charge in [-0.15, -0.1) is 11.6 Å². The largest absolute Gasteiger partial charge is 0.491 e. The molecule has 0 aliphatic heterocycles. The molecule has 90 valence electrons. The Bertz CT molecular complexity index is 560. The van der Waals surface area contributed by atoms with Crippen molar-refractivity contribution in [2.75, 3.05) is 6.61 Å². The average Bonchev–Trinajstić information content (AvgIpc) is 2.30. The predicted octanol–water partition coefficient (Wildman–Crippen LogP) is 4.16. The number of hydrogen-bond donors (Lipinski definition) is 0. The monoisotopic (exact) mass is 273 g/mol. The van der Waals surface area contributed by atoms with E-state index in [4.69, 9.17) is 27.9 Å². The molecule has 0 spiro atoms. The lowest BCUT2D eigenvalue weighted by Crippen LogP contribution is -1.96. The maximum atomic E-state index is 13.6. The molecule has 5 heteroatoms. The van der Waals surface area contributed by atoms with Gasteiger partial charge in [0.15, 0.2) is 11.6 Å². The van der Waals surface area contributed by atoms with Gasteiger partial charge in [0.1, 0.15) is 5.15 Å². The highest BCUT2D eigenvalue weighted by Gasteiger charge is 2.09. The van der Waals surface area contributed by atoms with Gasteiger partial charge in [0.05, 0.1) is 18.0 Å². The molecule has 0 bridgehead atoms. The number of pyridine rings is 1. The first-order chi connectivity index (χ1) is 8.15. The van der Waals surface area contributed by atoms with Crippen LogP contribution >= 0.6 is 23.2 Å². The highest BCUT2D eigenvalue weighted by Crippen LogP contribution is 2.27. The minimum atomic E-state index is -0.443. The zero-order valence-electron chi connectivity index (χ0n) is 9.14. The quantitative estimate of drug-likeness (QED) is 0.619. The molecule has 0 aliphatic rings. The Kier molecular flexibility index (Phi) is 3.69. The summed E-state index contributed by atoms with van der Waals surface area (Å²) >= 11 is 11.6. The van der Waals surface area contributed by atoms with Gasteiger partial charge < -0.3 is 4.74 Å². The van der Waals surface area contributed by atoms with E-state index in [0.29, 0.717) is 17.3 Å². The van der Waals surface area contributed by atoms with Gasteiger partial charge in [0.25, 0.3) is 0 Å². The first-order valence-corrected chi connectivity index (χ1v) is 6.04. The number of aromatic nitrogens is 1. The standard InChI is InChI=1S/C12H10Cl2FNO/c1-2-17-11-4-7-3-8(6-13)12(14)16-10(7)5-9(11)15/h3-5H,2,6H2,1H3. The minimum Gasteiger partial charge on any atom is -0.491 e. The van der Waals surface area contributed by atoms with Crippen LogP contribution in [0.1, 0.15) is 12.5 Å². The number of halogens is 3. The Balaban J connectivity index is 2.62. The number of hydrogen-bond acceptors (Lipinski definition) is 2. The Morgan fingerprint density at radius 2 is 2.12 bits per heavy atom. The third-order valence-electron chi connectivity index (χ3n) is 2.34. The van der Waals surface area contributed by atoms with E-state index >= 15 is 0 Å². The summed E-state index contributed by atoms with van der Waals surface area (Å²) in [7, 11) is 0. The van der Waals surface area contributed by atoms with Crippen molar-refractivity contribution in [2.24, 2.45) is 0 Å². The number of fused-ring (bicyclic) bond motifs is 1. The minimum absolute atomic E-state index is 0.213. The maximum absolute atomic E-state index is 13.6. The fourth-order valence-corrected chi connectivity index (χ4v) is 2.04. The first-order valence-electron chi connectivity index (χ1n) is 5.13. The van der Waals surface area contributed by atoms with Crippen molar-refractivity contribution in [3.63, 3.8) is 0 Å². The van der Waals surface area contributed by atoms with Gasteiger partial charge in [-0.05, 0) is 19.1 Å². The molecule has 0 saturated heterocycles. The molecule has 0 saturated carbocycles. The smallest absolute Gasteiger partial charge is 0.167 e. The van der Waals surface area contributed by atoms with E-state index in [-0.39, 0.29) is 11.6 Å². The van der Waals surface area contributed by atoms with E-state index in [1.54, 1.807) is 19.1 Å². The van der Waals surface area contributed by atoms with E-state index in [1.165, 1.54) is 6.07 Å². The topological polar surface area (TPSA) is 22.1 Å². The molecular formula is C12H10Cl2FNO. The first kappa shape index (κ1) is 12.4. The van der Waals surface area contributed by atoms with E-state index in [1.807, 2.05) is 0 Å². The molecule has 2 nitrogen and oxygen atoms in total. The second-order valence-electron chi connectivity index (χ2n) is 3.48. The molecule has 17 heavy (non-hydrogen) atoms. The molecule has 2 rings (SSSR count). The lowest BCUT2D eigenvalue weighted by molar-refractivity contribution is 0.322. The highest BCUT2D eigenvalue weighted by molar-refractivity contribution is 6.31. The summed E-state index contributed by atoms with van der Waals surface area (Å²) in [5.74, 6) is 0.0366. The van der Waals surface area contributed by atoms with Crippen molar-refractivity contribution >= 4 is 34.1 Å². The summed E-state index contributed by atoms with van der Waals surface area (Å²) in [6.07, 6.45) is 0. The van der Waals surface area contributed by atoms with Crippen LogP contribution in [0.4, 0.5) is 4.39 Å². The maximum Gasteiger partial charge on any atom is 0.167 e. The van der Waals surface area contributed by atoms with Crippen LogP contribution in [0.5, 0.6) is 5.75 Å². The highest BCUT2D eigenvalue weighted by atomic mass is 35.5. The van der Waals surface area contributed by atoms with Crippen LogP contribution in [0.15, 0.2) is 18.2 Å². The van der Waals surface area contributed by atoms with Crippen LogP contribution in [0.3, 0.4) is 0 Å². The van der Waals surface area contributed by atoms with Crippen molar-refractivity contribution in [1.82, 2.24) is 4.98 Å². The van der Waals surface area contributed by atoms with Crippen molar-refractivity contribution in [3.05, 3.63) is 34.7 Å². The summed E-state index contributed by atoms with van der Waals surface area (Å²) in [4.78, 5) is 4.09. The lowest BCUT2D eigenvalue weighted by atomic mass is 10.1. The average molecular weight is 274 g/mol. The van der Waals surface area contributed by atoms with Crippen molar-refractivity contribution in [1.29, 1.82) is 0 Å². The summed E-state index contributed by atoms with van der Waals surface area (Å²) in [5.41, 5.74) is 1.21. The number of ether oxygens (including phenoxy) is 1. The molecule has 0 unspecified atom stereocenters. The predicted molar refractivity (Wildman–Crippen MR) is 67.4 cm³/mol. The van der Waals surface area contributed by atoms with Crippen molar-refractivity contribution in [2.45, 2.75) is 12.8 Å². The normalized spacial score (nSPS) is 10.8. The molecule has 0 amide bonds. The molecule has 1 heterocycles. The van der Waals surface area contributed by atoms with Gasteiger partial charge in [-0.25, -0.2) is 9.37 Å². The van der Waals surface area contributed by atoms with Crippen LogP contribution in [-0.2, 0) is 5.88 Å². The van der Waals surface area contributed by atoms with Crippen LogP contribution in [0.25, 0.3) is 10.9 Å². The van der Waals surface area contributed by atoms with Crippen LogP contribution in [0, 0.1) is 5.82 Å². The molecule has 0 atom stereocenters. The van der Waals surface area contributed by atoms with Gasteiger partial charge in [0.2, 0.25) is 0 Å². The number of nitrogens with zero attached hydrogens (tertiary/aromatic N) is 1. The lowest BCUT2D eigenvalue weighted by Gasteiger charge is -2.08. The van der Waals surface area contributed by atoms with Crippen molar-refractivity contribution < 1.29 is 9.13 Å². The zero-order valence-corrected chi connectivity index (χ0v) is 10.6. The van der Waals surface area contributed by atoms with E-state index in [2.05, 4.69) is 4.98 Å². The molecule has 1 aromatic heterocycles. The van der Waals surface area contributed by atoms with Crippen LogP contribution in [0.2, 0.25) is 5.15 Å². The van der Waals surface area contributed by atoms with Gasteiger partial charge in [-0.2, -0.15) is 0 Å². The van der Waals surface area contributed by atoms with Crippen molar-refractivity contribution in [3.8, 4) is 5.75 Å². The summed E-state index contributed by atoms with van der Waals surface area (Å²) in [5, 5.41) is 1.06. The van der Waals surface area contributed by atoms with Crippen LogP contribution in [-0.4, -0.2) is 11.6 Å². The number of rotatable bonds is 3. The molecule has 0 aliphatic carbocycles. The molecule has 1 aromatic carbocycles. The molecule has 0 fully saturated rings. The van der Waals surface area contributed by atoms with Gasteiger partial charge in [-0.3, -0.25) is 0 Å². The Morgan fingerprint density at radius 3 is 2.76 bits per heavy atom. The van der Waals surface area contributed by atoms with E-state index in [0.717, 1.165) is 10.9 Å². The second kappa shape index (κ2) is 5.07. The van der Waals surface area contributed by atoms with E-state index < -0.39 is 5.82 Å². The Hall–Kier alpha value is -1.06. The van der Waals surface area contributed by atoms with E-state index in [9.17, 15) is 4.39 Å². The molecule has 2 aromatic rings. The number of alkyl halides is 1. The molecule has 0 N–H and O–H groups in total. The zero-order chi connectivity index (χ0) is 12.4. The molecule has 0 radical (unpaired) electrons. The Morgan fingerprint density at radius 1 is 1.35 bits per heavy atom. The summed E-state index contributed by atoms with van der Waals surface area (Å²) < 4.78 is 18.8. The fraction of sp³-hybridized carbons (Fsp3) is 0.250. The molecular weight excluding hydrogens is 264 g/mol. The number of benzene rings is 1. The third-order valence-corrected chi connectivity index (χ3v) is 2.95. The Labute approximate surface area is 108 Å². The van der Waals surface area contributed by atoms with Gasteiger partial charge >= 0.3 is 0 Å². The third kappa shape index (κ3) is 2.45. The summed E-state index contributed by atoms with van der Waals surface area (Å²) in [6, 6.07) is 4.71. The summed E-state index contributed by atoms with van der Waals surface area (Å²) in [6.45, 7) is 2.21. The second-order valence-corrected chi connectivity index (χ2v) is 4.11.